The normalized spacial score (nSPS) is 16.7. The number of piperidine rings is 1. The quantitative estimate of drug-likeness (QED) is 0.900. The van der Waals surface area contributed by atoms with Crippen LogP contribution in [0.1, 0.15) is 26.7 Å². The Labute approximate surface area is 118 Å². The second-order valence-electron chi connectivity index (χ2n) is 4.59. The summed E-state index contributed by atoms with van der Waals surface area (Å²) in [4.78, 5) is 16.9. The number of halogens is 1. The first-order valence-corrected chi connectivity index (χ1v) is 7.11. The van der Waals surface area contributed by atoms with E-state index in [-0.39, 0.29) is 11.4 Å². The first kappa shape index (κ1) is 14.3. The van der Waals surface area contributed by atoms with Gasteiger partial charge in [-0.15, -0.1) is 0 Å². The first-order valence-electron chi connectivity index (χ1n) is 6.73. The summed E-state index contributed by atoms with van der Waals surface area (Å²) in [7, 11) is 0. The van der Waals surface area contributed by atoms with E-state index in [1.165, 1.54) is 0 Å². The molecule has 0 saturated carbocycles. The van der Waals surface area contributed by atoms with E-state index < -0.39 is 0 Å². The minimum absolute atomic E-state index is 0.212. The fourth-order valence-corrected chi connectivity index (χ4v) is 2.34. The summed E-state index contributed by atoms with van der Waals surface area (Å²) in [6, 6.07) is 0. The summed E-state index contributed by atoms with van der Waals surface area (Å²) in [5.74, 6) is 1.22. The Morgan fingerprint density at radius 3 is 2.42 bits per heavy atom. The Balaban J connectivity index is 2.21. The molecule has 2 rings (SSSR count). The second kappa shape index (κ2) is 6.34. The van der Waals surface area contributed by atoms with Crippen molar-refractivity contribution >= 4 is 23.5 Å². The van der Waals surface area contributed by atoms with E-state index >= 15 is 0 Å². The third-order valence-electron chi connectivity index (χ3n) is 3.38. The van der Waals surface area contributed by atoms with E-state index in [9.17, 15) is 5.11 Å². The van der Waals surface area contributed by atoms with Gasteiger partial charge >= 0.3 is 0 Å². The molecule has 0 bridgehead atoms. The van der Waals surface area contributed by atoms with E-state index in [4.69, 9.17) is 11.6 Å². The molecule has 1 aliphatic heterocycles. The van der Waals surface area contributed by atoms with Crippen molar-refractivity contribution in [1.82, 2.24) is 15.0 Å². The standard InChI is InChI=1S/C12H20ClN5O/c1-3-17(4-2)11-14-10(13)15-12(16-11)18-7-5-9(19)6-8-18/h9,19H,3-8H2,1-2H3. The molecule has 0 spiro atoms. The molecular weight excluding hydrogens is 266 g/mol. The van der Waals surface area contributed by atoms with Gasteiger partial charge in [-0.3, -0.25) is 0 Å². The topological polar surface area (TPSA) is 65.4 Å². The van der Waals surface area contributed by atoms with Crippen LogP contribution in [0, 0.1) is 0 Å². The largest absolute Gasteiger partial charge is 0.393 e. The summed E-state index contributed by atoms with van der Waals surface area (Å²) in [5, 5.41) is 9.75. The van der Waals surface area contributed by atoms with Crippen LogP contribution in [-0.4, -0.2) is 52.3 Å². The van der Waals surface area contributed by atoms with Gasteiger partial charge in [0.2, 0.25) is 17.2 Å². The number of aromatic nitrogens is 3. The highest BCUT2D eigenvalue weighted by atomic mass is 35.5. The lowest BCUT2D eigenvalue weighted by atomic mass is 10.1. The zero-order chi connectivity index (χ0) is 13.8. The maximum absolute atomic E-state index is 9.53. The molecule has 0 radical (unpaired) electrons. The maximum atomic E-state index is 9.53. The van der Waals surface area contributed by atoms with E-state index in [0.29, 0.717) is 11.9 Å². The van der Waals surface area contributed by atoms with Crippen LogP contribution in [0.5, 0.6) is 0 Å². The van der Waals surface area contributed by atoms with Crippen molar-refractivity contribution in [2.24, 2.45) is 0 Å². The van der Waals surface area contributed by atoms with Crippen LogP contribution in [0.25, 0.3) is 0 Å². The lowest BCUT2D eigenvalue weighted by molar-refractivity contribution is 0.145. The van der Waals surface area contributed by atoms with Crippen LogP contribution in [0.4, 0.5) is 11.9 Å². The fourth-order valence-electron chi connectivity index (χ4n) is 2.18. The molecule has 7 heteroatoms. The molecule has 6 nitrogen and oxygen atoms in total. The van der Waals surface area contributed by atoms with Gasteiger partial charge in [0.25, 0.3) is 0 Å². The number of rotatable bonds is 4. The van der Waals surface area contributed by atoms with Gasteiger partial charge in [0.1, 0.15) is 0 Å². The summed E-state index contributed by atoms with van der Waals surface area (Å²) < 4.78 is 0. The minimum Gasteiger partial charge on any atom is -0.393 e. The third kappa shape index (κ3) is 3.45. The van der Waals surface area contributed by atoms with Gasteiger partial charge in [-0.05, 0) is 38.3 Å². The Bertz CT molecular complexity index is 419. The predicted molar refractivity (Wildman–Crippen MR) is 75.9 cm³/mol. The van der Waals surface area contributed by atoms with E-state index in [2.05, 4.69) is 28.8 Å². The molecule has 106 valence electrons. The van der Waals surface area contributed by atoms with Crippen LogP contribution in [0.2, 0.25) is 5.28 Å². The van der Waals surface area contributed by atoms with Gasteiger partial charge in [-0.1, -0.05) is 0 Å². The lowest BCUT2D eigenvalue weighted by Gasteiger charge is -2.30. The minimum atomic E-state index is -0.212. The molecule has 1 N–H and O–H groups in total. The van der Waals surface area contributed by atoms with Crippen molar-refractivity contribution < 1.29 is 5.11 Å². The number of aliphatic hydroxyl groups is 1. The van der Waals surface area contributed by atoms with Crippen molar-refractivity contribution in [3.63, 3.8) is 0 Å². The molecule has 0 atom stereocenters. The molecule has 0 unspecified atom stereocenters. The van der Waals surface area contributed by atoms with Crippen molar-refractivity contribution in [1.29, 1.82) is 0 Å². The highest BCUT2D eigenvalue weighted by Crippen LogP contribution is 2.20. The van der Waals surface area contributed by atoms with E-state index in [1.54, 1.807) is 0 Å². The average molecular weight is 286 g/mol. The fraction of sp³-hybridized carbons (Fsp3) is 0.750. The van der Waals surface area contributed by atoms with Crippen molar-refractivity contribution in [3.05, 3.63) is 5.28 Å². The van der Waals surface area contributed by atoms with Crippen LogP contribution >= 0.6 is 11.6 Å². The number of anilines is 2. The molecule has 1 aliphatic rings. The monoisotopic (exact) mass is 285 g/mol. The highest BCUT2D eigenvalue weighted by Gasteiger charge is 2.21. The molecule has 0 aromatic carbocycles. The third-order valence-corrected chi connectivity index (χ3v) is 3.55. The Morgan fingerprint density at radius 2 is 1.84 bits per heavy atom. The molecule has 1 saturated heterocycles. The number of aliphatic hydroxyl groups excluding tert-OH is 1. The summed E-state index contributed by atoms with van der Waals surface area (Å²) in [6.07, 6.45) is 1.27. The predicted octanol–water partition coefficient (Wildman–Crippen LogP) is 1.33. The summed E-state index contributed by atoms with van der Waals surface area (Å²) in [5.41, 5.74) is 0. The molecule has 19 heavy (non-hydrogen) atoms. The van der Waals surface area contributed by atoms with Gasteiger partial charge < -0.3 is 14.9 Å². The van der Waals surface area contributed by atoms with E-state index in [0.717, 1.165) is 39.0 Å². The Kier molecular flexibility index (Phi) is 4.76. The number of nitrogens with zero attached hydrogens (tertiary/aromatic N) is 5. The van der Waals surface area contributed by atoms with Crippen molar-refractivity contribution in [3.8, 4) is 0 Å². The van der Waals surface area contributed by atoms with Crippen LogP contribution in [0.3, 0.4) is 0 Å². The highest BCUT2D eigenvalue weighted by molar-refractivity contribution is 6.28. The summed E-state index contributed by atoms with van der Waals surface area (Å²) >= 11 is 5.99. The van der Waals surface area contributed by atoms with Gasteiger partial charge in [-0.2, -0.15) is 15.0 Å². The van der Waals surface area contributed by atoms with Gasteiger partial charge in [0, 0.05) is 26.2 Å². The SMILES string of the molecule is CCN(CC)c1nc(Cl)nc(N2CCC(O)CC2)n1. The Morgan fingerprint density at radius 1 is 1.21 bits per heavy atom. The molecule has 0 amide bonds. The van der Waals surface area contributed by atoms with Gasteiger partial charge in [0.15, 0.2) is 0 Å². The van der Waals surface area contributed by atoms with Crippen LogP contribution in [0.15, 0.2) is 0 Å². The molecule has 0 aliphatic carbocycles. The molecule has 1 aromatic rings. The number of hydrogen-bond donors (Lipinski definition) is 1. The first-order chi connectivity index (χ1) is 9.13. The molecule has 1 aromatic heterocycles. The maximum Gasteiger partial charge on any atom is 0.231 e. The van der Waals surface area contributed by atoms with Gasteiger partial charge in [-0.25, -0.2) is 0 Å². The second-order valence-corrected chi connectivity index (χ2v) is 4.93. The van der Waals surface area contributed by atoms with Gasteiger partial charge in [0.05, 0.1) is 6.10 Å². The van der Waals surface area contributed by atoms with Crippen LogP contribution in [-0.2, 0) is 0 Å². The zero-order valence-electron chi connectivity index (χ0n) is 11.4. The van der Waals surface area contributed by atoms with Crippen LogP contribution < -0.4 is 9.80 Å². The number of hydrogen-bond acceptors (Lipinski definition) is 6. The lowest BCUT2D eigenvalue weighted by Crippen LogP contribution is -2.37. The van der Waals surface area contributed by atoms with Crippen molar-refractivity contribution in [2.45, 2.75) is 32.8 Å². The Hall–Kier alpha value is -1.14. The molecule has 2 heterocycles. The van der Waals surface area contributed by atoms with E-state index in [1.807, 2.05) is 9.80 Å². The zero-order valence-corrected chi connectivity index (χ0v) is 12.1. The average Bonchev–Trinajstić information content (AvgIpc) is 2.40. The van der Waals surface area contributed by atoms with Crippen molar-refractivity contribution in [2.75, 3.05) is 36.0 Å². The summed E-state index contributed by atoms with van der Waals surface area (Å²) in [6.45, 7) is 7.26. The molecule has 1 fully saturated rings. The molecular formula is C12H20ClN5O. The smallest absolute Gasteiger partial charge is 0.231 e.